The molecule has 0 bridgehead atoms. The van der Waals surface area contributed by atoms with Gasteiger partial charge in [-0.3, -0.25) is 4.79 Å². The van der Waals surface area contributed by atoms with E-state index in [9.17, 15) is 9.59 Å². The second-order valence-corrected chi connectivity index (χ2v) is 5.80. The summed E-state index contributed by atoms with van der Waals surface area (Å²) in [4.78, 5) is 27.6. The third kappa shape index (κ3) is 3.32. The van der Waals surface area contributed by atoms with E-state index >= 15 is 0 Å². The predicted octanol–water partition coefficient (Wildman–Crippen LogP) is 3.23. The number of anilines is 1. The molecule has 2 aromatic carbocycles. The monoisotopic (exact) mass is 384 g/mol. The summed E-state index contributed by atoms with van der Waals surface area (Å²) < 4.78 is 20.9. The Labute approximate surface area is 161 Å². The lowest BCUT2D eigenvalue weighted by molar-refractivity contribution is 0.0600. The van der Waals surface area contributed by atoms with Gasteiger partial charge in [-0.15, -0.1) is 0 Å². The summed E-state index contributed by atoms with van der Waals surface area (Å²) in [6.45, 7) is 0. The van der Waals surface area contributed by atoms with Crippen molar-refractivity contribution in [1.29, 1.82) is 0 Å². The first-order chi connectivity index (χ1) is 13.5. The SMILES string of the molecule is COC(=O)c1cccc(NC(=O)c2c[nH]c3cc(OC)c(OC)c(OC)c23)c1. The third-order valence-corrected chi connectivity index (χ3v) is 4.26. The number of benzene rings is 2. The molecule has 0 fully saturated rings. The highest BCUT2D eigenvalue weighted by atomic mass is 16.5. The van der Waals surface area contributed by atoms with E-state index in [1.807, 2.05) is 0 Å². The maximum atomic E-state index is 12.9. The van der Waals surface area contributed by atoms with Crippen LogP contribution in [0.1, 0.15) is 20.7 Å². The number of hydrogen-bond acceptors (Lipinski definition) is 6. The Bertz CT molecular complexity index is 1040. The number of H-pyrrole nitrogens is 1. The van der Waals surface area contributed by atoms with Gasteiger partial charge in [0.25, 0.3) is 5.91 Å². The fourth-order valence-corrected chi connectivity index (χ4v) is 2.98. The maximum Gasteiger partial charge on any atom is 0.337 e. The average molecular weight is 384 g/mol. The van der Waals surface area contributed by atoms with E-state index in [0.29, 0.717) is 45.0 Å². The number of aromatic nitrogens is 1. The molecule has 0 saturated carbocycles. The van der Waals surface area contributed by atoms with Crippen LogP contribution >= 0.6 is 0 Å². The number of esters is 1. The largest absolute Gasteiger partial charge is 0.493 e. The van der Waals surface area contributed by atoms with E-state index in [-0.39, 0.29) is 5.91 Å². The number of nitrogens with one attached hydrogen (secondary N) is 2. The molecule has 3 rings (SSSR count). The number of carbonyl (C=O) groups is 2. The van der Waals surface area contributed by atoms with Crippen molar-refractivity contribution in [2.24, 2.45) is 0 Å². The summed E-state index contributed by atoms with van der Waals surface area (Å²) in [5.74, 6) is 0.386. The Balaban J connectivity index is 2.02. The van der Waals surface area contributed by atoms with Gasteiger partial charge in [0.2, 0.25) is 5.75 Å². The number of fused-ring (bicyclic) bond motifs is 1. The van der Waals surface area contributed by atoms with Crippen LogP contribution in [0.25, 0.3) is 10.9 Å². The molecule has 0 aliphatic heterocycles. The van der Waals surface area contributed by atoms with E-state index in [1.54, 1.807) is 36.5 Å². The van der Waals surface area contributed by atoms with Gasteiger partial charge in [-0.25, -0.2) is 4.79 Å². The van der Waals surface area contributed by atoms with Gasteiger partial charge in [0.1, 0.15) is 0 Å². The van der Waals surface area contributed by atoms with Crippen LogP contribution in [-0.4, -0.2) is 45.3 Å². The predicted molar refractivity (Wildman–Crippen MR) is 104 cm³/mol. The number of aromatic amines is 1. The molecule has 8 heteroatoms. The second kappa shape index (κ2) is 7.91. The van der Waals surface area contributed by atoms with Crippen molar-refractivity contribution in [2.75, 3.05) is 33.8 Å². The molecule has 0 spiro atoms. The molecule has 28 heavy (non-hydrogen) atoms. The zero-order valence-electron chi connectivity index (χ0n) is 15.9. The lowest BCUT2D eigenvalue weighted by Crippen LogP contribution is -2.12. The molecule has 146 valence electrons. The van der Waals surface area contributed by atoms with Gasteiger partial charge in [-0.2, -0.15) is 0 Å². The van der Waals surface area contributed by atoms with Gasteiger partial charge in [0.05, 0.1) is 50.5 Å². The molecule has 1 heterocycles. The second-order valence-electron chi connectivity index (χ2n) is 5.80. The van der Waals surface area contributed by atoms with E-state index in [1.165, 1.54) is 28.4 Å². The first-order valence-corrected chi connectivity index (χ1v) is 8.33. The Hall–Kier alpha value is -3.68. The average Bonchev–Trinajstić information content (AvgIpc) is 3.15. The Morgan fingerprint density at radius 2 is 1.71 bits per heavy atom. The molecule has 1 aromatic heterocycles. The van der Waals surface area contributed by atoms with Crippen molar-refractivity contribution >= 4 is 28.5 Å². The van der Waals surface area contributed by atoms with E-state index < -0.39 is 5.97 Å². The van der Waals surface area contributed by atoms with Crippen LogP contribution in [0.3, 0.4) is 0 Å². The molecule has 0 aliphatic rings. The van der Waals surface area contributed by atoms with Crippen LogP contribution < -0.4 is 19.5 Å². The number of rotatable bonds is 6. The normalized spacial score (nSPS) is 10.4. The highest BCUT2D eigenvalue weighted by Crippen LogP contribution is 2.44. The van der Waals surface area contributed by atoms with Gasteiger partial charge >= 0.3 is 5.97 Å². The van der Waals surface area contributed by atoms with Gasteiger partial charge in [0, 0.05) is 18.0 Å². The minimum absolute atomic E-state index is 0.336. The summed E-state index contributed by atoms with van der Waals surface area (Å²) >= 11 is 0. The minimum Gasteiger partial charge on any atom is -0.493 e. The van der Waals surface area contributed by atoms with Crippen molar-refractivity contribution in [2.45, 2.75) is 0 Å². The molecular formula is C20H20N2O6. The fraction of sp³-hybridized carbons (Fsp3) is 0.200. The lowest BCUT2D eigenvalue weighted by atomic mass is 10.1. The van der Waals surface area contributed by atoms with Crippen LogP contribution in [-0.2, 0) is 4.74 Å². The summed E-state index contributed by atoms with van der Waals surface area (Å²) in [6, 6.07) is 8.21. The molecule has 0 aliphatic carbocycles. The third-order valence-electron chi connectivity index (χ3n) is 4.26. The van der Waals surface area contributed by atoms with Gasteiger partial charge in [-0.1, -0.05) is 6.07 Å². The summed E-state index contributed by atoms with van der Waals surface area (Å²) in [7, 11) is 5.81. The molecule has 2 N–H and O–H groups in total. The number of ether oxygens (including phenoxy) is 4. The van der Waals surface area contributed by atoms with Crippen LogP contribution in [0.2, 0.25) is 0 Å². The highest BCUT2D eigenvalue weighted by Gasteiger charge is 2.23. The van der Waals surface area contributed by atoms with Crippen molar-refractivity contribution in [1.82, 2.24) is 4.98 Å². The summed E-state index contributed by atoms with van der Waals surface area (Å²) in [6.07, 6.45) is 1.57. The number of methoxy groups -OCH3 is 4. The fourth-order valence-electron chi connectivity index (χ4n) is 2.98. The Morgan fingerprint density at radius 1 is 0.964 bits per heavy atom. The molecule has 3 aromatic rings. The zero-order valence-corrected chi connectivity index (χ0v) is 15.9. The molecule has 1 amide bonds. The molecule has 0 saturated heterocycles. The van der Waals surface area contributed by atoms with Gasteiger partial charge in [-0.05, 0) is 18.2 Å². The van der Waals surface area contributed by atoms with E-state index in [4.69, 9.17) is 18.9 Å². The molecular weight excluding hydrogens is 364 g/mol. The minimum atomic E-state index is -0.485. The van der Waals surface area contributed by atoms with Crippen LogP contribution in [0.4, 0.5) is 5.69 Å². The Morgan fingerprint density at radius 3 is 2.36 bits per heavy atom. The first kappa shape index (κ1) is 19.1. The number of hydrogen-bond donors (Lipinski definition) is 2. The molecule has 8 nitrogen and oxygen atoms in total. The van der Waals surface area contributed by atoms with Crippen molar-refractivity contribution in [3.05, 3.63) is 47.7 Å². The van der Waals surface area contributed by atoms with E-state index in [2.05, 4.69) is 10.3 Å². The van der Waals surface area contributed by atoms with Crippen molar-refractivity contribution in [3.63, 3.8) is 0 Å². The van der Waals surface area contributed by atoms with Crippen LogP contribution in [0, 0.1) is 0 Å². The van der Waals surface area contributed by atoms with Crippen molar-refractivity contribution in [3.8, 4) is 17.2 Å². The number of amides is 1. The van der Waals surface area contributed by atoms with Crippen LogP contribution in [0.5, 0.6) is 17.2 Å². The van der Waals surface area contributed by atoms with Crippen molar-refractivity contribution < 1.29 is 28.5 Å². The smallest absolute Gasteiger partial charge is 0.337 e. The lowest BCUT2D eigenvalue weighted by Gasteiger charge is -2.14. The molecule has 0 unspecified atom stereocenters. The summed E-state index contributed by atoms with van der Waals surface area (Å²) in [5.41, 5.74) is 1.81. The molecule has 0 radical (unpaired) electrons. The Kier molecular flexibility index (Phi) is 5.39. The van der Waals surface area contributed by atoms with Crippen LogP contribution in [0.15, 0.2) is 36.5 Å². The standard InChI is InChI=1S/C20H20N2O6/c1-25-15-9-14-16(18(27-3)17(15)26-2)13(10-21-14)19(23)22-12-7-5-6-11(8-12)20(24)28-4/h5-10,21H,1-4H3,(H,22,23). The van der Waals surface area contributed by atoms with Gasteiger partial charge < -0.3 is 29.2 Å². The quantitative estimate of drug-likeness (QED) is 0.633. The zero-order chi connectivity index (χ0) is 20.3. The first-order valence-electron chi connectivity index (χ1n) is 8.33. The summed E-state index contributed by atoms with van der Waals surface area (Å²) in [5, 5.41) is 3.34. The number of carbonyl (C=O) groups excluding carboxylic acids is 2. The highest BCUT2D eigenvalue weighted by molar-refractivity contribution is 6.15. The van der Waals surface area contributed by atoms with E-state index in [0.717, 1.165) is 0 Å². The molecule has 0 atom stereocenters. The van der Waals surface area contributed by atoms with Gasteiger partial charge in [0.15, 0.2) is 11.5 Å². The maximum absolute atomic E-state index is 12.9. The topological polar surface area (TPSA) is 98.9 Å².